The summed E-state index contributed by atoms with van der Waals surface area (Å²) in [6.45, 7) is 0.760. The lowest BCUT2D eigenvalue weighted by atomic mass is 9.94. The van der Waals surface area contributed by atoms with Gasteiger partial charge in [-0.25, -0.2) is 0 Å². The van der Waals surface area contributed by atoms with E-state index in [0.717, 1.165) is 25.9 Å². The highest BCUT2D eigenvalue weighted by Gasteiger charge is 2.09. The number of methoxy groups -OCH3 is 1. The van der Waals surface area contributed by atoms with Gasteiger partial charge in [-0.15, -0.1) is 0 Å². The van der Waals surface area contributed by atoms with Crippen molar-refractivity contribution < 1.29 is 9.84 Å². The van der Waals surface area contributed by atoms with Gasteiger partial charge < -0.3 is 9.84 Å². The highest BCUT2D eigenvalue weighted by atomic mass is 16.5. The number of aliphatic hydroxyl groups is 1. The first-order valence-corrected chi connectivity index (χ1v) is 5.68. The Labute approximate surface area is 87.0 Å². The number of hydrogen-bond acceptors (Lipinski definition) is 2. The van der Waals surface area contributed by atoms with E-state index >= 15 is 0 Å². The maximum Gasteiger partial charge on any atom is 0.0578 e. The Morgan fingerprint density at radius 3 is 3.00 bits per heavy atom. The molecule has 1 unspecified atom stereocenters. The second-order valence-corrected chi connectivity index (χ2v) is 4.10. The fourth-order valence-electron chi connectivity index (χ4n) is 1.96. The summed E-state index contributed by atoms with van der Waals surface area (Å²) in [6, 6.07) is 0. The van der Waals surface area contributed by atoms with Crippen LogP contribution in [0.5, 0.6) is 0 Å². The zero-order valence-electron chi connectivity index (χ0n) is 9.17. The van der Waals surface area contributed by atoms with E-state index in [1.807, 2.05) is 0 Å². The van der Waals surface area contributed by atoms with Crippen molar-refractivity contribution in [2.75, 3.05) is 13.7 Å². The van der Waals surface area contributed by atoms with Gasteiger partial charge in [-0.2, -0.15) is 0 Å². The highest BCUT2D eigenvalue weighted by Crippen LogP contribution is 2.22. The summed E-state index contributed by atoms with van der Waals surface area (Å²) in [4.78, 5) is 0. The molecule has 1 N–H and O–H groups in total. The molecule has 0 aliphatic heterocycles. The standard InChI is InChI=1S/C12H22O2/c1-14-9-5-8-12(13)10-11-6-3-2-4-7-11/h6,12-13H,2-5,7-10H2,1H3. The van der Waals surface area contributed by atoms with Crippen molar-refractivity contribution >= 4 is 0 Å². The van der Waals surface area contributed by atoms with Crippen LogP contribution in [0.3, 0.4) is 0 Å². The minimum absolute atomic E-state index is 0.158. The van der Waals surface area contributed by atoms with Crippen molar-refractivity contribution in [1.82, 2.24) is 0 Å². The lowest BCUT2D eigenvalue weighted by Gasteiger charge is -2.16. The first-order chi connectivity index (χ1) is 6.83. The average molecular weight is 198 g/mol. The molecule has 82 valence electrons. The third-order valence-corrected chi connectivity index (χ3v) is 2.77. The summed E-state index contributed by atoms with van der Waals surface area (Å²) < 4.78 is 4.96. The molecule has 1 aliphatic rings. The van der Waals surface area contributed by atoms with Crippen LogP contribution in [0.2, 0.25) is 0 Å². The fourth-order valence-corrected chi connectivity index (χ4v) is 1.96. The topological polar surface area (TPSA) is 29.5 Å². The molecule has 0 saturated heterocycles. The molecular formula is C12H22O2. The van der Waals surface area contributed by atoms with Crippen LogP contribution in [-0.4, -0.2) is 24.9 Å². The maximum atomic E-state index is 9.73. The van der Waals surface area contributed by atoms with Gasteiger partial charge in [0.25, 0.3) is 0 Å². The van der Waals surface area contributed by atoms with Gasteiger partial charge in [0, 0.05) is 13.7 Å². The van der Waals surface area contributed by atoms with E-state index in [-0.39, 0.29) is 6.10 Å². The molecule has 14 heavy (non-hydrogen) atoms. The number of ether oxygens (including phenoxy) is 1. The third-order valence-electron chi connectivity index (χ3n) is 2.77. The van der Waals surface area contributed by atoms with E-state index in [2.05, 4.69) is 6.08 Å². The highest BCUT2D eigenvalue weighted by molar-refractivity contribution is 5.05. The summed E-state index contributed by atoms with van der Waals surface area (Å²) in [6.07, 6.45) is 9.89. The number of allylic oxidation sites excluding steroid dienone is 1. The number of rotatable bonds is 6. The summed E-state index contributed by atoms with van der Waals surface area (Å²) in [5, 5.41) is 9.73. The fraction of sp³-hybridized carbons (Fsp3) is 0.833. The van der Waals surface area contributed by atoms with Gasteiger partial charge in [0.05, 0.1) is 6.10 Å². The van der Waals surface area contributed by atoms with Crippen LogP contribution in [-0.2, 0) is 4.74 Å². The molecule has 0 aromatic rings. The lowest BCUT2D eigenvalue weighted by molar-refractivity contribution is 0.134. The molecule has 1 atom stereocenters. The Hall–Kier alpha value is -0.340. The number of hydrogen-bond donors (Lipinski definition) is 1. The van der Waals surface area contributed by atoms with Gasteiger partial charge in [0.2, 0.25) is 0 Å². The monoisotopic (exact) mass is 198 g/mol. The first kappa shape index (κ1) is 11.7. The normalized spacial score (nSPS) is 19.1. The van der Waals surface area contributed by atoms with Gasteiger partial charge in [-0.05, 0) is 44.9 Å². The Morgan fingerprint density at radius 2 is 2.36 bits per heavy atom. The van der Waals surface area contributed by atoms with Crippen LogP contribution >= 0.6 is 0 Å². The van der Waals surface area contributed by atoms with E-state index in [9.17, 15) is 5.11 Å². The minimum Gasteiger partial charge on any atom is -0.393 e. The van der Waals surface area contributed by atoms with Gasteiger partial charge in [-0.1, -0.05) is 11.6 Å². The molecule has 1 rings (SSSR count). The predicted octanol–water partition coefficient (Wildman–Crippen LogP) is 2.66. The Balaban J connectivity index is 2.12. The van der Waals surface area contributed by atoms with E-state index in [0.29, 0.717) is 0 Å². The summed E-state index contributed by atoms with van der Waals surface area (Å²) in [5.41, 5.74) is 1.46. The van der Waals surface area contributed by atoms with Crippen LogP contribution < -0.4 is 0 Å². The maximum absolute atomic E-state index is 9.73. The van der Waals surface area contributed by atoms with Crippen molar-refractivity contribution in [2.24, 2.45) is 0 Å². The SMILES string of the molecule is COCCCC(O)CC1=CCCCC1. The smallest absolute Gasteiger partial charge is 0.0578 e. The molecule has 0 radical (unpaired) electrons. The van der Waals surface area contributed by atoms with E-state index in [4.69, 9.17) is 4.74 Å². The van der Waals surface area contributed by atoms with E-state index < -0.39 is 0 Å². The second-order valence-electron chi connectivity index (χ2n) is 4.10. The van der Waals surface area contributed by atoms with Crippen molar-refractivity contribution in [3.8, 4) is 0 Å². The Bertz CT molecular complexity index is 175. The summed E-state index contributed by atoms with van der Waals surface area (Å²) in [7, 11) is 1.70. The Morgan fingerprint density at radius 1 is 1.50 bits per heavy atom. The van der Waals surface area contributed by atoms with Crippen molar-refractivity contribution in [2.45, 2.75) is 51.0 Å². The molecule has 0 amide bonds. The molecule has 1 aliphatic carbocycles. The summed E-state index contributed by atoms with van der Waals surface area (Å²) in [5.74, 6) is 0. The van der Waals surface area contributed by atoms with Gasteiger partial charge in [-0.3, -0.25) is 0 Å². The molecule has 0 aromatic heterocycles. The minimum atomic E-state index is -0.158. The third kappa shape index (κ3) is 4.77. The van der Waals surface area contributed by atoms with Crippen molar-refractivity contribution in [1.29, 1.82) is 0 Å². The predicted molar refractivity (Wildman–Crippen MR) is 58.3 cm³/mol. The largest absolute Gasteiger partial charge is 0.393 e. The molecular weight excluding hydrogens is 176 g/mol. The molecule has 0 fully saturated rings. The lowest BCUT2D eigenvalue weighted by Crippen LogP contribution is -2.10. The summed E-state index contributed by atoms with van der Waals surface area (Å²) >= 11 is 0. The molecule has 0 spiro atoms. The van der Waals surface area contributed by atoms with Crippen molar-refractivity contribution in [3.05, 3.63) is 11.6 Å². The second kappa shape index (κ2) is 7.02. The molecule has 0 saturated carbocycles. The molecule has 0 heterocycles. The molecule has 0 bridgehead atoms. The average Bonchev–Trinajstić information content (AvgIpc) is 2.20. The quantitative estimate of drug-likeness (QED) is 0.525. The first-order valence-electron chi connectivity index (χ1n) is 5.68. The van der Waals surface area contributed by atoms with Gasteiger partial charge >= 0.3 is 0 Å². The molecule has 2 heteroatoms. The molecule has 0 aromatic carbocycles. The van der Waals surface area contributed by atoms with Crippen LogP contribution in [0, 0.1) is 0 Å². The van der Waals surface area contributed by atoms with E-state index in [1.54, 1.807) is 7.11 Å². The zero-order chi connectivity index (χ0) is 10.2. The van der Waals surface area contributed by atoms with Crippen LogP contribution in [0.15, 0.2) is 11.6 Å². The number of aliphatic hydroxyl groups excluding tert-OH is 1. The van der Waals surface area contributed by atoms with Gasteiger partial charge in [0.1, 0.15) is 0 Å². The van der Waals surface area contributed by atoms with Gasteiger partial charge in [0.15, 0.2) is 0 Å². The zero-order valence-corrected chi connectivity index (χ0v) is 9.17. The van der Waals surface area contributed by atoms with Crippen LogP contribution in [0.25, 0.3) is 0 Å². The van der Waals surface area contributed by atoms with Crippen molar-refractivity contribution in [3.63, 3.8) is 0 Å². The van der Waals surface area contributed by atoms with Crippen LogP contribution in [0.1, 0.15) is 44.9 Å². The van der Waals surface area contributed by atoms with Crippen LogP contribution in [0.4, 0.5) is 0 Å². The molecule has 2 nitrogen and oxygen atoms in total. The Kier molecular flexibility index (Phi) is 5.88. The van der Waals surface area contributed by atoms with E-state index in [1.165, 1.54) is 31.3 Å².